The van der Waals surface area contributed by atoms with Gasteiger partial charge in [0.1, 0.15) is 5.84 Å². The van der Waals surface area contributed by atoms with E-state index in [1.807, 2.05) is 6.26 Å². The van der Waals surface area contributed by atoms with Crippen molar-refractivity contribution in [2.45, 2.75) is 0 Å². The van der Waals surface area contributed by atoms with Gasteiger partial charge in [-0.25, -0.2) is 5.84 Å². The molecule has 0 amide bonds. The minimum atomic E-state index is 0.408. The van der Waals surface area contributed by atoms with Gasteiger partial charge in [0.15, 0.2) is 0 Å². The average Bonchev–Trinajstić information content (AvgIpc) is 1.85. The summed E-state index contributed by atoms with van der Waals surface area (Å²) in [5.41, 5.74) is 8.15. The highest BCUT2D eigenvalue weighted by Crippen LogP contribution is 2.09. The highest BCUT2D eigenvalue weighted by molar-refractivity contribution is 8.02. The molecule has 0 fully saturated rings. The van der Waals surface area contributed by atoms with Crippen LogP contribution in [0.2, 0.25) is 0 Å². The molecular weight excluding hydrogens is 150 g/mol. The Hall–Kier alpha value is -0.880. The van der Waals surface area contributed by atoms with E-state index in [1.54, 1.807) is 6.08 Å². The fraction of sp³-hybridized carbons (Fsp3) is 0.250. The van der Waals surface area contributed by atoms with Crippen molar-refractivity contribution in [2.24, 2.45) is 16.7 Å². The van der Waals surface area contributed by atoms with Gasteiger partial charge in [-0.2, -0.15) is 0 Å². The Kier molecular flexibility index (Phi) is 2.03. The van der Waals surface area contributed by atoms with Gasteiger partial charge in [-0.05, 0) is 6.26 Å². The molecule has 0 saturated heterocycles. The third-order valence-corrected chi connectivity index (χ3v) is 1.60. The summed E-state index contributed by atoms with van der Waals surface area (Å²) in [5, 5.41) is 5.65. The number of thioether (sulfide) groups is 1. The van der Waals surface area contributed by atoms with Gasteiger partial charge in [-0.3, -0.25) is 5.43 Å². The summed E-state index contributed by atoms with van der Waals surface area (Å²) in [5.74, 6) is 5.70. The Morgan fingerprint density at radius 3 is 3.00 bits per heavy atom. The summed E-state index contributed by atoms with van der Waals surface area (Å²) in [6.07, 6.45) is 3.64. The standard InChI is InChI=1S/C4H9N5S/c1-10-4-2-3(5)7-9(6)8-4/h2,8H,6H2,1H3,(H2,5,7). The largest absolute Gasteiger partial charge is 0.382 e. The molecule has 1 aliphatic rings. The Balaban J connectivity index is 2.70. The van der Waals surface area contributed by atoms with Crippen LogP contribution >= 0.6 is 11.8 Å². The molecule has 0 spiro atoms. The van der Waals surface area contributed by atoms with Gasteiger partial charge in [0.05, 0.1) is 5.03 Å². The lowest BCUT2D eigenvalue weighted by Gasteiger charge is -2.19. The zero-order valence-electron chi connectivity index (χ0n) is 5.53. The van der Waals surface area contributed by atoms with Crippen molar-refractivity contribution in [3.05, 3.63) is 11.1 Å². The highest BCUT2D eigenvalue weighted by Gasteiger charge is 2.04. The van der Waals surface area contributed by atoms with E-state index < -0.39 is 0 Å². The molecule has 1 aliphatic heterocycles. The van der Waals surface area contributed by atoms with E-state index >= 15 is 0 Å². The molecule has 10 heavy (non-hydrogen) atoms. The van der Waals surface area contributed by atoms with Gasteiger partial charge in [0.2, 0.25) is 0 Å². The fourth-order valence-corrected chi connectivity index (χ4v) is 0.986. The molecule has 0 aliphatic carbocycles. The summed E-state index contributed by atoms with van der Waals surface area (Å²) in [6, 6.07) is 0. The number of nitrogens with one attached hydrogen (secondary N) is 1. The number of hydrogen-bond donors (Lipinski definition) is 3. The maximum absolute atomic E-state index is 5.39. The molecule has 1 rings (SSSR count). The number of nitrogens with two attached hydrogens (primary N) is 2. The number of hydrazine groups is 2. The fourth-order valence-electron chi connectivity index (χ4n) is 0.562. The molecule has 0 aromatic heterocycles. The van der Waals surface area contributed by atoms with Crippen LogP contribution in [-0.4, -0.2) is 17.3 Å². The molecule has 0 radical (unpaired) electrons. The molecule has 0 atom stereocenters. The molecular formula is C4H9N5S. The SMILES string of the molecule is CSC1=CC(N)=NN(N)N1. The van der Waals surface area contributed by atoms with Gasteiger partial charge in [-0.1, -0.05) is 0 Å². The first-order chi connectivity index (χ1) is 4.72. The van der Waals surface area contributed by atoms with Gasteiger partial charge < -0.3 is 5.73 Å². The van der Waals surface area contributed by atoms with Crippen molar-refractivity contribution >= 4 is 17.6 Å². The van der Waals surface area contributed by atoms with Gasteiger partial charge in [-0.15, -0.1) is 22.1 Å². The minimum absolute atomic E-state index is 0.408. The van der Waals surface area contributed by atoms with Crippen LogP contribution in [0.3, 0.4) is 0 Å². The predicted molar refractivity (Wildman–Crippen MR) is 42.4 cm³/mol. The summed E-state index contributed by atoms with van der Waals surface area (Å²) in [4.78, 5) is 0. The van der Waals surface area contributed by atoms with Crippen LogP contribution in [0.5, 0.6) is 0 Å². The number of hydrazone groups is 1. The van der Waals surface area contributed by atoms with E-state index in [0.29, 0.717) is 5.84 Å². The van der Waals surface area contributed by atoms with Crippen molar-refractivity contribution in [1.82, 2.24) is 10.7 Å². The van der Waals surface area contributed by atoms with Crippen LogP contribution in [-0.2, 0) is 0 Å². The van der Waals surface area contributed by atoms with Crippen molar-refractivity contribution in [2.75, 3.05) is 6.26 Å². The molecule has 0 bridgehead atoms. The molecule has 0 unspecified atom stereocenters. The van der Waals surface area contributed by atoms with E-state index in [0.717, 1.165) is 10.3 Å². The van der Waals surface area contributed by atoms with E-state index in [9.17, 15) is 0 Å². The lowest BCUT2D eigenvalue weighted by molar-refractivity contribution is 0.233. The Morgan fingerprint density at radius 2 is 2.50 bits per heavy atom. The van der Waals surface area contributed by atoms with Crippen molar-refractivity contribution in [1.29, 1.82) is 0 Å². The smallest absolute Gasteiger partial charge is 0.149 e. The molecule has 5 nitrogen and oxygen atoms in total. The summed E-state index contributed by atoms with van der Waals surface area (Å²) < 4.78 is 0. The van der Waals surface area contributed by atoms with E-state index in [2.05, 4.69) is 10.5 Å². The van der Waals surface area contributed by atoms with Crippen molar-refractivity contribution < 1.29 is 0 Å². The Morgan fingerprint density at radius 1 is 1.80 bits per heavy atom. The first-order valence-electron chi connectivity index (χ1n) is 2.63. The number of rotatable bonds is 1. The number of amidine groups is 1. The molecule has 0 aromatic carbocycles. The molecule has 1 heterocycles. The van der Waals surface area contributed by atoms with Gasteiger partial charge in [0.25, 0.3) is 0 Å². The number of hydrogen-bond acceptors (Lipinski definition) is 6. The zero-order chi connectivity index (χ0) is 7.56. The second-order valence-corrected chi connectivity index (χ2v) is 2.54. The van der Waals surface area contributed by atoms with Gasteiger partial charge >= 0.3 is 0 Å². The third-order valence-electron chi connectivity index (χ3n) is 0.947. The molecule has 6 heteroatoms. The predicted octanol–water partition coefficient (Wildman–Crippen LogP) is -0.843. The van der Waals surface area contributed by atoms with E-state index in [-0.39, 0.29) is 0 Å². The topological polar surface area (TPSA) is 79.7 Å². The lowest BCUT2D eigenvalue weighted by atomic mass is 10.5. The van der Waals surface area contributed by atoms with E-state index in [1.165, 1.54) is 11.8 Å². The van der Waals surface area contributed by atoms with Crippen LogP contribution in [0.1, 0.15) is 0 Å². The zero-order valence-corrected chi connectivity index (χ0v) is 6.35. The Labute approximate surface area is 63.1 Å². The summed E-state index contributed by atoms with van der Waals surface area (Å²) in [6.45, 7) is 0. The van der Waals surface area contributed by atoms with Crippen molar-refractivity contribution in [3.63, 3.8) is 0 Å². The maximum Gasteiger partial charge on any atom is 0.149 e. The second kappa shape index (κ2) is 2.80. The van der Waals surface area contributed by atoms with Crippen molar-refractivity contribution in [3.8, 4) is 0 Å². The normalized spacial score (nSPS) is 17.6. The van der Waals surface area contributed by atoms with Crippen LogP contribution in [0.25, 0.3) is 0 Å². The Bertz CT molecular complexity index is 186. The highest BCUT2D eigenvalue weighted by atomic mass is 32.2. The third kappa shape index (κ3) is 1.55. The monoisotopic (exact) mass is 159 g/mol. The average molecular weight is 159 g/mol. The van der Waals surface area contributed by atoms with Gasteiger partial charge in [0, 0.05) is 6.08 Å². The second-order valence-electron chi connectivity index (χ2n) is 1.69. The summed E-state index contributed by atoms with van der Waals surface area (Å²) in [7, 11) is 0. The first-order valence-corrected chi connectivity index (χ1v) is 3.86. The van der Waals surface area contributed by atoms with Crippen LogP contribution in [0.15, 0.2) is 16.2 Å². The first kappa shape index (κ1) is 7.23. The van der Waals surface area contributed by atoms with Crippen LogP contribution < -0.4 is 17.0 Å². The number of nitrogens with zero attached hydrogens (tertiary/aromatic N) is 2. The molecule has 56 valence electrons. The van der Waals surface area contributed by atoms with Crippen LogP contribution in [0, 0.1) is 0 Å². The molecule has 0 aromatic rings. The molecule has 0 saturated carbocycles. The molecule has 5 N–H and O–H groups in total. The van der Waals surface area contributed by atoms with Crippen LogP contribution in [0.4, 0.5) is 0 Å². The summed E-state index contributed by atoms with van der Waals surface area (Å²) >= 11 is 1.52. The van der Waals surface area contributed by atoms with E-state index in [4.69, 9.17) is 11.6 Å². The minimum Gasteiger partial charge on any atom is -0.382 e. The maximum atomic E-state index is 5.39. The lowest BCUT2D eigenvalue weighted by Crippen LogP contribution is -2.42. The quantitative estimate of drug-likeness (QED) is 0.435.